The van der Waals surface area contributed by atoms with Crippen molar-refractivity contribution < 1.29 is 23.7 Å². The molecule has 2 heterocycles. The molecule has 5 aliphatic rings. The molecule has 4 fully saturated rings. The van der Waals surface area contributed by atoms with Gasteiger partial charge in [0.05, 0.1) is 12.7 Å². The zero-order valence-electron chi connectivity index (χ0n) is 19.9. The molecule has 3 unspecified atom stereocenters. The van der Waals surface area contributed by atoms with Gasteiger partial charge in [0.15, 0.2) is 18.4 Å². The zero-order valence-corrected chi connectivity index (χ0v) is 19.9. The van der Waals surface area contributed by atoms with Crippen molar-refractivity contribution >= 4 is 5.78 Å². The van der Waals surface area contributed by atoms with Gasteiger partial charge >= 0.3 is 0 Å². The molecule has 3 aliphatic carbocycles. The zero-order chi connectivity index (χ0) is 22.4. The van der Waals surface area contributed by atoms with Crippen LogP contribution in [0.25, 0.3) is 0 Å². The number of ketones is 1. The number of ether oxygens (including phenoxy) is 4. The Bertz CT molecular complexity index is 871. The van der Waals surface area contributed by atoms with Crippen LogP contribution in [0.15, 0.2) is 18.2 Å². The van der Waals surface area contributed by atoms with Gasteiger partial charge in [0, 0.05) is 25.0 Å². The van der Waals surface area contributed by atoms with Gasteiger partial charge in [0.1, 0.15) is 5.75 Å². The highest BCUT2D eigenvalue weighted by molar-refractivity contribution is 5.99. The predicted octanol–water partition coefficient (Wildman–Crippen LogP) is 6.00. The van der Waals surface area contributed by atoms with Crippen LogP contribution in [0.3, 0.4) is 0 Å². The van der Waals surface area contributed by atoms with Crippen molar-refractivity contribution in [2.24, 2.45) is 17.3 Å². The highest BCUT2D eigenvalue weighted by Crippen LogP contribution is 2.61. The lowest BCUT2D eigenvalue weighted by Crippen LogP contribution is -2.46. The number of Topliss-reactive ketones (excluding diaryl/α,β-unsaturated/α-hetero) is 1. The summed E-state index contributed by atoms with van der Waals surface area (Å²) in [5.74, 6) is 2.51. The number of fused-ring (bicyclic) bond motifs is 5. The summed E-state index contributed by atoms with van der Waals surface area (Å²) in [6.07, 6.45) is 11.8. The maximum absolute atomic E-state index is 13.3. The number of carbonyl (C=O) groups excluding carboxylic acids is 1. The lowest BCUT2D eigenvalue weighted by Gasteiger charge is -2.50. The molecule has 180 valence electrons. The molecular weight excluding hydrogens is 416 g/mol. The summed E-state index contributed by atoms with van der Waals surface area (Å²) in [5, 5.41) is 0. The van der Waals surface area contributed by atoms with Crippen molar-refractivity contribution in [3.05, 3.63) is 29.3 Å². The van der Waals surface area contributed by atoms with E-state index in [2.05, 4.69) is 19.1 Å². The average molecular weight is 455 g/mol. The molecule has 1 aromatic carbocycles. The summed E-state index contributed by atoms with van der Waals surface area (Å²) in [6.45, 7) is 4.01. The Labute approximate surface area is 197 Å². The molecule has 2 saturated heterocycles. The molecule has 1 aromatic rings. The fourth-order valence-corrected chi connectivity index (χ4v) is 7.59. The first-order chi connectivity index (χ1) is 16.1. The SMILES string of the molecule is C[C@]12CC[C@@H]3c4ccc(OC5CCCCO5)cc4C(=O)C[C@H]3[C@@H]1CCC2OC1CCCCO1. The predicted molar refractivity (Wildman–Crippen MR) is 124 cm³/mol. The van der Waals surface area contributed by atoms with E-state index in [1.54, 1.807) is 0 Å². The number of benzene rings is 1. The minimum absolute atomic E-state index is 0.0303. The van der Waals surface area contributed by atoms with Gasteiger partial charge in [-0.2, -0.15) is 0 Å². The van der Waals surface area contributed by atoms with E-state index in [0.717, 1.165) is 82.3 Å². The first-order valence-electron chi connectivity index (χ1n) is 13.3. The van der Waals surface area contributed by atoms with E-state index in [0.29, 0.717) is 24.2 Å². The fraction of sp³-hybridized carbons (Fsp3) is 0.750. The lowest BCUT2D eigenvalue weighted by atomic mass is 9.55. The first kappa shape index (κ1) is 22.1. The van der Waals surface area contributed by atoms with E-state index < -0.39 is 0 Å². The molecule has 6 rings (SSSR count). The Kier molecular flexibility index (Phi) is 6.00. The van der Waals surface area contributed by atoms with Crippen molar-refractivity contribution in [2.45, 2.75) is 102 Å². The Morgan fingerprint density at radius 1 is 0.939 bits per heavy atom. The Morgan fingerprint density at radius 3 is 2.48 bits per heavy atom. The minimum atomic E-state index is -0.179. The first-order valence-corrected chi connectivity index (χ1v) is 13.3. The quantitative estimate of drug-likeness (QED) is 0.558. The number of hydrogen-bond acceptors (Lipinski definition) is 5. The summed E-state index contributed by atoms with van der Waals surface area (Å²) in [5.41, 5.74) is 2.28. The highest BCUT2D eigenvalue weighted by atomic mass is 16.7. The van der Waals surface area contributed by atoms with Crippen molar-refractivity contribution in [1.29, 1.82) is 0 Å². The molecule has 7 atom stereocenters. The lowest BCUT2D eigenvalue weighted by molar-refractivity contribution is -0.212. The maximum Gasteiger partial charge on any atom is 0.199 e. The van der Waals surface area contributed by atoms with Crippen molar-refractivity contribution in [3.63, 3.8) is 0 Å². The van der Waals surface area contributed by atoms with Crippen molar-refractivity contribution in [3.8, 4) is 5.75 Å². The van der Waals surface area contributed by atoms with Gasteiger partial charge < -0.3 is 18.9 Å². The fourth-order valence-electron chi connectivity index (χ4n) is 7.59. The number of carbonyl (C=O) groups is 1. The monoisotopic (exact) mass is 454 g/mol. The van der Waals surface area contributed by atoms with Gasteiger partial charge in [-0.25, -0.2) is 0 Å². The molecule has 0 N–H and O–H groups in total. The summed E-state index contributed by atoms with van der Waals surface area (Å²) in [4.78, 5) is 13.3. The molecule has 2 aliphatic heterocycles. The molecule has 5 heteroatoms. The van der Waals surface area contributed by atoms with E-state index >= 15 is 0 Å². The summed E-state index contributed by atoms with van der Waals surface area (Å²) < 4.78 is 24.3. The highest BCUT2D eigenvalue weighted by Gasteiger charge is 2.56. The topological polar surface area (TPSA) is 54.0 Å². The Morgan fingerprint density at radius 2 is 1.73 bits per heavy atom. The second-order valence-electron chi connectivity index (χ2n) is 11.2. The Hall–Kier alpha value is -1.43. The molecule has 5 nitrogen and oxygen atoms in total. The van der Waals surface area contributed by atoms with Crippen molar-refractivity contribution in [2.75, 3.05) is 13.2 Å². The van der Waals surface area contributed by atoms with Crippen LogP contribution in [0.5, 0.6) is 5.75 Å². The largest absolute Gasteiger partial charge is 0.465 e. The van der Waals surface area contributed by atoms with Crippen LogP contribution in [0.2, 0.25) is 0 Å². The van der Waals surface area contributed by atoms with Crippen LogP contribution < -0.4 is 4.74 Å². The normalized spacial score (nSPS) is 40.6. The third kappa shape index (κ3) is 4.04. The van der Waals surface area contributed by atoms with Crippen LogP contribution >= 0.6 is 0 Å². The van der Waals surface area contributed by atoms with Crippen LogP contribution in [-0.4, -0.2) is 37.7 Å². The van der Waals surface area contributed by atoms with Gasteiger partial charge in [0.2, 0.25) is 0 Å². The van der Waals surface area contributed by atoms with Crippen molar-refractivity contribution in [1.82, 2.24) is 0 Å². The third-order valence-electron chi connectivity index (χ3n) is 9.36. The van der Waals surface area contributed by atoms with E-state index in [-0.39, 0.29) is 29.9 Å². The van der Waals surface area contributed by atoms with E-state index in [4.69, 9.17) is 18.9 Å². The number of rotatable bonds is 4. The molecule has 33 heavy (non-hydrogen) atoms. The smallest absolute Gasteiger partial charge is 0.199 e. The van der Waals surface area contributed by atoms with Crippen LogP contribution in [-0.2, 0) is 14.2 Å². The van der Waals surface area contributed by atoms with E-state index in [9.17, 15) is 4.79 Å². The van der Waals surface area contributed by atoms with Crippen LogP contribution in [0.1, 0.15) is 99.4 Å². The molecule has 0 aromatic heterocycles. The molecule has 2 saturated carbocycles. The van der Waals surface area contributed by atoms with Gasteiger partial charge in [0.25, 0.3) is 0 Å². The minimum Gasteiger partial charge on any atom is -0.465 e. The summed E-state index contributed by atoms with van der Waals surface area (Å²) >= 11 is 0. The molecule has 0 spiro atoms. The second kappa shape index (κ2) is 8.98. The van der Waals surface area contributed by atoms with E-state index in [1.165, 1.54) is 12.0 Å². The molecule has 0 amide bonds. The van der Waals surface area contributed by atoms with Crippen LogP contribution in [0.4, 0.5) is 0 Å². The standard InChI is InChI=1S/C28H38O5/c1-28-13-12-20-19-9-8-18(32-26-6-2-4-14-30-26)16-22(19)24(29)17-21(20)23(28)10-11-25(28)33-27-7-3-5-15-31-27/h8-9,16,20-21,23,25-27H,2-7,10-15,17H2,1H3/t20-,21-,23+,25?,26?,27?,28+/m1/s1. The summed E-state index contributed by atoms with van der Waals surface area (Å²) in [7, 11) is 0. The second-order valence-corrected chi connectivity index (χ2v) is 11.2. The maximum atomic E-state index is 13.3. The van der Waals surface area contributed by atoms with Gasteiger partial charge in [-0.15, -0.1) is 0 Å². The average Bonchev–Trinajstić information content (AvgIpc) is 3.17. The van der Waals surface area contributed by atoms with Crippen LogP contribution in [0, 0.1) is 17.3 Å². The van der Waals surface area contributed by atoms with Gasteiger partial charge in [-0.05, 0) is 98.7 Å². The number of hydrogen-bond donors (Lipinski definition) is 0. The van der Waals surface area contributed by atoms with E-state index in [1.807, 2.05) is 6.07 Å². The molecule has 0 radical (unpaired) electrons. The third-order valence-corrected chi connectivity index (χ3v) is 9.36. The molecular formula is C28H38O5. The molecule has 0 bridgehead atoms. The Balaban J connectivity index is 1.19. The summed E-state index contributed by atoms with van der Waals surface area (Å²) in [6, 6.07) is 6.21. The van der Waals surface area contributed by atoms with Gasteiger partial charge in [-0.1, -0.05) is 13.0 Å². The van der Waals surface area contributed by atoms with Gasteiger partial charge in [-0.3, -0.25) is 4.79 Å².